The Kier molecular flexibility index (Phi) is 3.14. The molecule has 2 aromatic rings. The summed E-state index contributed by atoms with van der Waals surface area (Å²) in [5.74, 6) is 1.86. The summed E-state index contributed by atoms with van der Waals surface area (Å²) >= 11 is 6.13. The maximum absolute atomic E-state index is 6.13. The molecule has 0 unspecified atom stereocenters. The van der Waals surface area contributed by atoms with Gasteiger partial charge in [0.05, 0.1) is 6.54 Å². The van der Waals surface area contributed by atoms with E-state index >= 15 is 0 Å². The molecule has 1 saturated carbocycles. The number of halogens is 1. The Morgan fingerprint density at radius 1 is 1.28 bits per heavy atom. The summed E-state index contributed by atoms with van der Waals surface area (Å²) in [6, 6.07) is 10.7. The predicted octanol–water partition coefficient (Wildman–Crippen LogP) is 4.16. The lowest BCUT2D eigenvalue weighted by Gasteiger charge is -2.02. The molecule has 0 atom stereocenters. The van der Waals surface area contributed by atoms with Gasteiger partial charge in [-0.25, -0.2) is 0 Å². The average Bonchev–Trinajstić information content (AvgIpc) is 3.08. The Bertz CT molecular complexity index is 557. The van der Waals surface area contributed by atoms with E-state index in [4.69, 9.17) is 16.0 Å². The highest BCUT2D eigenvalue weighted by molar-refractivity contribution is 6.31. The molecule has 0 saturated heterocycles. The molecule has 1 aliphatic carbocycles. The summed E-state index contributed by atoms with van der Waals surface area (Å²) in [4.78, 5) is 0. The van der Waals surface area contributed by atoms with Crippen LogP contribution in [0, 0.1) is 6.92 Å². The first-order valence-electron chi connectivity index (χ1n) is 6.31. The minimum atomic E-state index is 0.701. The molecule has 1 heterocycles. The lowest BCUT2D eigenvalue weighted by Crippen LogP contribution is -2.14. The zero-order chi connectivity index (χ0) is 12.5. The number of nitrogens with one attached hydrogen (secondary N) is 1. The summed E-state index contributed by atoms with van der Waals surface area (Å²) in [5.41, 5.74) is 2.12. The molecule has 0 bridgehead atoms. The Labute approximate surface area is 112 Å². The van der Waals surface area contributed by atoms with Crippen LogP contribution in [0.2, 0.25) is 5.02 Å². The molecule has 1 aliphatic rings. The fourth-order valence-electron chi connectivity index (χ4n) is 1.91. The Morgan fingerprint density at radius 2 is 2.11 bits per heavy atom. The second-order valence-corrected chi connectivity index (χ2v) is 5.29. The van der Waals surface area contributed by atoms with E-state index in [-0.39, 0.29) is 0 Å². The lowest BCUT2D eigenvalue weighted by molar-refractivity contribution is 0.492. The van der Waals surface area contributed by atoms with Gasteiger partial charge in [-0.2, -0.15) is 0 Å². The van der Waals surface area contributed by atoms with Gasteiger partial charge < -0.3 is 9.73 Å². The van der Waals surface area contributed by atoms with Crippen molar-refractivity contribution in [1.82, 2.24) is 5.32 Å². The molecule has 94 valence electrons. The largest absolute Gasteiger partial charge is 0.460 e. The molecular formula is C15H16ClNO. The van der Waals surface area contributed by atoms with E-state index in [0.717, 1.165) is 34.2 Å². The lowest BCUT2D eigenvalue weighted by atomic mass is 10.1. The van der Waals surface area contributed by atoms with Gasteiger partial charge in [-0.1, -0.05) is 23.7 Å². The summed E-state index contributed by atoms with van der Waals surface area (Å²) in [5, 5.41) is 4.22. The van der Waals surface area contributed by atoms with Crippen molar-refractivity contribution < 1.29 is 4.42 Å². The van der Waals surface area contributed by atoms with Crippen LogP contribution in [0.1, 0.15) is 24.2 Å². The molecule has 1 aromatic carbocycles. The zero-order valence-electron chi connectivity index (χ0n) is 10.4. The van der Waals surface area contributed by atoms with E-state index < -0.39 is 0 Å². The molecule has 2 nitrogen and oxygen atoms in total. The maximum Gasteiger partial charge on any atom is 0.134 e. The second kappa shape index (κ2) is 4.79. The van der Waals surface area contributed by atoms with Crippen LogP contribution in [0.4, 0.5) is 0 Å². The third-order valence-corrected chi connectivity index (χ3v) is 3.67. The molecule has 3 heteroatoms. The molecule has 1 aromatic heterocycles. The number of hydrogen-bond acceptors (Lipinski definition) is 2. The molecule has 1 N–H and O–H groups in total. The van der Waals surface area contributed by atoms with Gasteiger partial charge in [0.2, 0.25) is 0 Å². The van der Waals surface area contributed by atoms with Gasteiger partial charge in [-0.3, -0.25) is 0 Å². The normalized spacial score (nSPS) is 15.0. The van der Waals surface area contributed by atoms with Crippen molar-refractivity contribution in [3.05, 3.63) is 46.7 Å². The van der Waals surface area contributed by atoms with Crippen molar-refractivity contribution in [2.45, 2.75) is 32.4 Å². The van der Waals surface area contributed by atoms with Gasteiger partial charge in [-0.15, -0.1) is 0 Å². The Hall–Kier alpha value is -1.25. The molecule has 1 fully saturated rings. The summed E-state index contributed by atoms with van der Waals surface area (Å²) in [7, 11) is 0. The SMILES string of the molecule is Cc1ccc(-c2ccc(CNC3CC3)o2)cc1Cl. The predicted molar refractivity (Wildman–Crippen MR) is 73.8 cm³/mol. The van der Waals surface area contributed by atoms with E-state index in [9.17, 15) is 0 Å². The number of hydrogen-bond donors (Lipinski definition) is 1. The maximum atomic E-state index is 6.13. The second-order valence-electron chi connectivity index (χ2n) is 4.89. The van der Waals surface area contributed by atoms with Gasteiger partial charge in [0.15, 0.2) is 0 Å². The Balaban J connectivity index is 1.76. The quantitative estimate of drug-likeness (QED) is 0.894. The van der Waals surface area contributed by atoms with Crippen molar-refractivity contribution >= 4 is 11.6 Å². The van der Waals surface area contributed by atoms with E-state index in [0.29, 0.717) is 6.04 Å². The number of aryl methyl sites for hydroxylation is 1. The van der Waals surface area contributed by atoms with Crippen LogP contribution in [0.3, 0.4) is 0 Å². The topological polar surface area (TPSA) is 25.2 Å². The van der Waals surface area contributed by atoms with Crippen molar-refractivity contribution in [2.24, 2.45) is 0 Å². The monoisotopic (exact) mass is 261 g/mol. The molecule has 3 rings (SSSR count). The van der Waals surface area contributed by atoms with Crippen molar-refractivity contribution in [3.63, 3.8) is 0 Å². The van der Waals surface area contributed by atoms with Gasteiger partial charge in [0.25, 0.3) is 0 Å². The number of rotatable bonds is 4. The van der Waals surface area contributed by atoms with Gasteiger partial charge in [0, 0.05) is 16.6 Å². The van der Waals surface area contributed by atoms with Gasteiger partial charge >= 0.3 is 0 Å². The van der Waals surface area contributed by atoms with Crippen LogP contribution in [0.5, 0.6) is 0 Å². The first kappa shape index (κ1) is 11.8. The van der Waals surface area contributed by atoms with E-state index in [1.165, 1.54) is 12.8 Å². The standard InChI is InChI=1S/C15H16ClNO/c1-10-2-3-11(8-14(10)16)15-7-6-13(18-15)9-17-12-4-5-12/h2-3,6-8,12,17H,4-5,9H2,1H3. The fourth-order valence-corrected chi connectivity index (χ4v) is 2.09. The highest BCUT2D eigenvalue weighted by Crippen LogP contribution is 2.27. The van der Waals surface area contributed by atoms with Gasteiger partial charge in [-0.05, 0) is 43.5 Å². The first-order valence-corrected chi connectivity index (χ1v) is 6.69. The molecule has 0 aliphatic heterocycles. The third kappa shape index (κ3) is 2.60. The number of furan rings is 1. The van der Waals surface area contributed by atoms with Crippen molar-refractivity contribution in [2.75, 3.05) is 0 Å². The van der Waals surface area contributed by atoms with Crippen LogP contribution in [-0.2, 0) is 6.54 Å². The van der Waals surface area contributed by atoms with Gasteiger partial charge in [0.1, 0.15) is 11.5 Å². The van der Waals surface area contributed by atoms with Crippen molar-refractivity contribution in [1.29, 1.82) is 0 Å². The molecular weight excluding hydrogens is 246 g/mol. The first-order chi connectivity index (χ1) is 8.72. The van der Waals surface area contributed by atoms with Crippen LogP contribution < -0.4 is 5.32 Å². The Morgan fingerprint density at radius 3 is 2.83 bits per heavy atom. The fraction of sp³-hybridized carbons (Fsp3) is 0.333. The highest BCUT2D eigenvalue weighted by atomic mass is 35.5. The van der Waals surface area contributed by atoms with Crippen LogP contribution >= 0.6 is 11.6 Å². The molecule has 18 heavy (non-hydrogen) atoms. The van der Waals surface area contributed by atoms with Crippen LogP contribution in [0.25, 0.3) is 11.3 Å². The van der Waals surface area contributed by atoms with Crippen LogP contribution in [0.15, 0.2) is 34.7 Å². The molecule has 0 radical (unpaired) electrons. The smallest absolute Gasteiger partial charge is 0.134 e. The van der Waals surface area contributed by atoms with E-state index in [2.05, 4.69) is 5.32 Å². The summed E-state index contributed by atoms with van der Waals surface area (Å²) in [6.45, 7) is 2.81. The minimum Gasteiger partial charge on any atom is -0.460 e. The average molecular weight is 262 g/mol. The number of benzene rings is 1. The third-order valence-electron chi connectivity index (χ3n) is 3.26. The molecule has 0 amide bonds. The summed E-state index contributed by atoms with van der Waals surface area (Å²) < 4.78 is 5.82. The van der Waals surface area contributed by atoms with E-state index in [1.807, 2.05) is 37.3 Å². The van der Waals surface area contributed by atoms with Crippen LogP contribution in [-0.4, -0.2) is 6.04 Å². The minimum absolute atomic E-state index is 0.701. The van der Waals surface area contributed by atoms with E-state index in [1.54, 1.807) is 0 Å². The zero-order valence-corrected chi connectivity index (χ0v) is 11.1. The highest BCUT2D eigenvalue weighted by Gasteiger charge is 2.20. The molecule has 0 spiro atoms. The summed E-state index contributed by atoms with van der Waals surface area (Å²) in [6.07, 6.45) is 2.59. The van der Waals surface area contributed by atoms with Crippen molar-refractivity contribution in [3.8, 4) is 11.3 Å².